The minimum atomic E-state index is -0.897. The quantitative estimate of drug-likeness (QED) is 0.285. The number of ether oxygens (including phenoxy) is 1. The van der Waals surface area contributed by atoms with E-state index < -0.39 is 29.7 Å². The molecule has 0 radical (unpaired) electrons. The van der Waals surface area contributed by atoms with Gasteiger partial charge in [-0.3, -0.25) is 19.9 Å². The van der Waals surface area contributed by atoms with Crippen molar-refractivity contribution >= 4 is 46.5 Å². The Morgan fingerprint density at radius 2 is 2.00 bits per heavy atom. The van der Waals surface area contributed by atoms with Gasteiger partial charge in [0.25, 0.3) is 0 Å². The third-order valence-electron chi connectivity index (χ3n) is 7.79. The first-order valence-electron chi connectivity index (χ1n) is 14.3. The standard InChI is InChI=1S/C32H31ClF2N4O5/c1-18-3-2-4-27(39-12-10-20(16-28(39)41)29-24(34)8-7-23(33)30(29)35)26-15-19(9-11-36-26)22-6-5-21(17-25(22)38-31(18)42)37-32(43)44-14-13-40/h5-9,11,15-18,27,40H,2-4,10,12-14H2,1H3,(H,37,43)(H,38,42). The van der Waals surface area contributed by atoms with Gasteiger partial charge in [0.1, 0.15) is 12.4 Å². The molecular weight excluding hydrogens is 594 g/mol. The molecule has 44 heavy (non-hydrogen) atoms. The number of rotatable bonds is 5. The Hall–Kier alpha value is -4.35. The Bertz CT molecular complexity index is 1630. The van der Waals surface area contributed by atoms with E-state index in [0.29, 0.717) is 41.9 Å². The van der Waals surface area contributed by atoms with E-state index in [2.05, 4.69) is 15.6 Å². The maximum atomic E-state index is 14.7. The number of carbonyl (C=O) groups excluding carboxylic acids is 3. The molecule has 2 aromatic carbocycles. The third kappa shape index (κ3) is 6.74. The normalized spacial score (nSPS) is 18.8. The van der Waals surface area contributed by atoms with Crippen molar-refractivity contribution in [3.8, 4) is 11.1 Å². The largest absolute Gasteiger partial charge is 0.447 e. The van der Waals surface area contributed by atoms with E-state index in [4.69, 9.17) is 21.4 Å². The molecule has 0 saturated carbocycles. The molecule has 2 unspecified atom stereocenters. The molecule has 230 valence electrons. The lowest BCUT2D eigenvalue weighted by atomic mass is 9.92. The number of benzene rings is 2. The second kappa shape index (κ2) is 13.5. The average Bonchev–Trinajstić information content (AvgIpc) is 3.00. The highest BCUT2D eigenvalue weighted by Gasteiger charge is 2.31. The van der Waals surface area contributed by atoms with Crippen LogP contribution in [0.25, 0.3) is 16.7 Å². The van der Waals surface area contributed by atoms with Crippen LogP contribution < -0.4 is 10.6 Å². The zero-order valence-corrected chi connectivity index (χ0v) is 24.7. The van der Waals surface area contributed by atoms with Gasteiger partial charge in [0.05, 0.1) is 34.6 Å². The number of halogens is 3. The number of hydrogen-bond donors (Lipinski definition) is 3. The lowest BCUT2D eigenvalue weighted by Crippen LogP contribution is -2.38. The molecule has 2 bridgehead atoms. The monoisotopic (exact) mass is 624 g/mol. The molecule has 2 aliphatic heterocycles. The summed E-state index contributed by atoms with van der Waals surface area (Å²) < 4.78 is 34.2. The van der Waals surface area contributed by atoms with Gasteiger partial charge < -0.3 is 20.1 Å². The Kier molecular flexibility index (Phi) is 9.55. The maximum absolute atomic E-state index is 14.7. The summed E-state index contributed by atoms with van der Waals surface area (Å²) in [4.78, 5) is 45.0. The molecule has 5 rings (SSSR count). The van der Waals surface area contributed by atoms with E-state index in [1.54, 1.807) is 35.4 Å². The number of fused-ring (bicyclic) bond motifs is 4. The molecule has 3 aromatic rings. The van der Waals surface area contributed by atoms with Gasteiger partial charge in [-0.2, -0.15) is 0 Å². The molecule has 0 saturated heterocycles. The molecule has 3 amide bonds. The number of aromatic nitrogens is 1. The number of pyridine rings is 1. The number of anilines is 2. The summed E-state index contributed by atoms with van der Waals surface area (Å²) in [6.07, 6.45) is 4.02. The second-order valence-electron chi connectivity index (χ2n) is 10.7. The zero-order valence-electron chi connectivity index (χ0n) is 23.9. The molecule has 12 heteroatoms. The van der Waals surface area contributed by atoms with Gasteiger partial charge in [0, 0.05) is 36.0 Å². The summed E-state index contributed by atoms with van der Waals surface area (Å²) in [7, 11) is 0. The fourth-order valence-electron chi connectivity index (χ4n) is 5.52. The van der Waals surface area contributed by atoms with Gasteiger partial charge in [-0.05, 0) is 66.8 Å². The summed E-state index contributed by atoms with van der Waals surface area (Å²) >= 11 is 5.89. The molecule has 9 nitrogen and oxygen atoms in total. The number of aliphatic hydroxyl groups is 1. The summed E-state index contributed by atoms with van der Waals surface area (Å²) in [6, 6.07) is 10.4. The van der Waals surface area contributed by atoms with Crippen molar-refractivity contribution < 1.29 is 33.0 Å². The first-order valence-corrected chi connectivity index (χ1v) is 14.6. The minimum Gasteiger partial charge on any atom is -0.447 e. The molecular formula is C32H31ClF2N4O5. The highest BCUT2D eigenvalue weighted by molar-refractivity contribution is 6.31. The van der Waals surface area contributed by atoms with E-state index >= 15 is 0 Å². The number of aliphatic hydroxyl groups excluding tert-OH is 1. The Labute approximate surface area is 257 Å². The molecule has 0 fully saturated rings. The van der Waals surface area contributed by atoms with E-state index in [9.17, 15) is 23.2 Å². The topological polar surface area (TPSA) is 121 Å². The van der Waals surface area contributed by atoms with Crippen LogP contribution >= 0.6 is 11.6 Å². The van der Waals surface area contributed by atoms with Crippen molar-refractivity contribution in [3.05, 3.63) is 82.7 Å². The number of carbonyl (C=O) groups is 3. The van der Waals surface area contributed by atoms with Gasteiger partial charge in [-0.1, -0.05) is 31.0 Å². The van der Waals surface area contributed by atoms with Crippen molar-refractivity contribution in [2.24, 2.45) is 5.92 Å². The second-order valence-corrected chi connectivity index (χ2v) is 11.1. The smallest absolute Gasteiger partial charge is 0.411 e. The van der Waals surface area contributed by atoms with E-state index in [1.807, 2.05) is 13.0 Å². The molecule has 2 atom stereocenters. The van der Waals surface area contributed by atoms with Gasteiger partial charge in [-0.15, -0.1) is 0 Å². The zero-order chi connectivity index (χ0) is 31.4. The predicted molar refractivity (Wildman–Crippen MR) is 162 cm³/mol. The van der Waals surface area contributed by atoms with Crippen LogP contribution in [0.1, 0.15) is 49.9 Å². The summed E-state index contributed by atoms with van der Waals surface area (Å²) in [6.45, 7) is 1.56. The summed E-state index contributed by atoms with van der Waals surface area (Å²) in [5.41, 5.74) is 2.81. The van der Waals surface area contributed by atoms with Crippen molar-refractivity contribution in [1.29, 1.82) is 0 Å². The first-order chi connectivity index (χ1) is 21.2. The van der Waals surface area contributed by atoms with Crippen molar-refractivity contribution in [2.45, 2.75) is 38.6 Å². The van der Waals surface area contributed by atoms with Crippen LogP contribution in [-0.2, 0) is 14.3 Å². The van der Waals surface area contributed by atoms with Crippen LogP contribution in [0, 0.1) is 17.6 Å². The Morgan fingerprint density at radius 3 is 2.77 bits per heavy atom. The van der Waals surface area contributed by atoms with Crippen LogP contribution in [0.15, 0.2) is 54.7 Å². The van der Waals surface area contributed by atoms with Crippen LogP contribution in [-0.4, -0.2) is 52.7 Å². The predicted octanol–water partition coefficient (Wildman–Crippen LogP) is 6.34. The van der Waals surface area contributed by atoms with Crippen LogP contribution in [0.5, 0.6) is 0 Å². The van der Waals surface area contributed by atoms with Crippen LogP contribution in [0.2, 0.25) is 5.02 Å². The number of nitrogens with one attached hydrogen (secondary N) is 2. The number of nitrogens with zero attached hydrogens (tertiary/aromatic N) is 2. The van der Waals surface area contributed by atoms with Gasteiger partial charge >= 0.3 is 6.09 Å². The van der Waals surface area contributed by atoms with Gasteiger partial charge in [0.2, 0.25) is 11.8 Å². The van der Waals surface area contributed by atoms with Gasteiger partial charge in [0.15, 0.2) is 5.82 Å². The third-order valence-corrected chi connectivity index (χ3v) is 8.08. The summed E-state index contributed by atoms with van der Waals surface area (Å²) in [5, 5.41) is 14.2. The van der Waals surface area contributed by atoms with Crippen molar-refractivity contribution in [2.75, 3.05) is 30.4 Å². The van der Waals surface area contributed by atoms with Crippen LogP contribution in [0.3, 0.4) is 0 Å². The highest BCUT2D eigenvalue weighted by atomic mass is 35.5. The fourth-order valence-corrected chi connectivity index (χ4v) is 5.68. The molecule has 3 N–H and O–H groups in total. The lowest BCUT2D eigenvalue weighted by Gasteiger charge is -2.34. The molecule has 1 aromatic heterocycles. The van der Waals surface area contributed by atoms with Gasteiger partial charge in [-0.25, -0.2) is 13.6 Å². The first kappa shape index (κ1) is 31.1. The Morgan fingerprint density at radius 1 is 1.18 bits per heavy atom. The fraction of sp³-hybridized carbons (Fsp3) is 0.312. The van der Waals surface area contributed by atoms with Crippen LogP contribution in [0.4, 0.5) is 25.0 Å². The minimum absolute atomic E-state index is 0.156. The number of hydrogen-bond acceptors (Lipinski definition) is 6. The number of amides is 3. The SMILES string of the molecule is CC1CCCC(N2CCC(c3c(F)ccc(Cl)c3F)=CC2=O)c2cc(ccn2)-c2ccc(NC(=O)OCCO)cc2NC1=O. The lowest BCUT2D eigenvalue weighted by molar-refractivity contribution is -0.129. The Balaban J connectivity index is 1.49. The van der Waals surface area contributed by atoms with E-state index in [-0.39, 0.29) is 54.2 Å². The highest BCUT2D eigenvalue weighted by Crippen LogP contribution is 2.38. The van der Waals surface area contributed by atoms with E-state index in [0.717, 1.165) is 17.7 Å². The average molecular weight is 625 g/mol. The van der Waals surface area contributed by atoms with Crippen molar-refractivity contribution in [3.63, 3.8) is 0 Å². The molecule has 2 aliphatic rings. The maximum Gasteiger partial charge on any atom is 0.411 e. The summed E-state index contributed by atoms with van der Waals surface area (Å²) in [5.74, 6) is -2.65. The molecule has 0 spiro atoms. The van der Waals surface area contributed by atoms with Crippen molar-refractivity contribution in [1.82, 2.24) is 9.88 Å². The van der Waals surface area contributed by atoms with E-state index in [1.165, 1.54) is 6.08 Å². The molecule has 3 heterocycles. The molecule has 0 aliphatic carbocycles.